The van der Waals surface area contributed by atoms with E-state index in [9.17, 15) is 9.59 Å². The van der Waals surface area contributed by atoms with Gasteiger partial charge in [-0.15, -0.1) is 0 Å². The average molecular weight is 431 g/mol. The summed E-state index contributed by atoms with van der Waals surface area (Å²) in [4.78, 5) is 23.7. The molecule has 0 spiro atoms. The second-order valence-electron chi connectivity index (χ2n) is 8.37. The third-order valence-electron chi connectivity index (χ3n) is 6.41. The first-order valence-corrected chi connectivity index (χ1v) is 10.8. The lowest BCUT2D eigenvalue weighted by Crippen LogP contribution is -2.14. The number of nitrogens with zero attached hydrogens (tertiary/aromatic N) is 1. The predicted molar refractivity (Wildman–Crippen MR) is 120 cm³/mol. The van der Waals surface area contributed by atoms with Gasteiger partial charge < -0.3 is 18.8 Å². The Morgan fingerprint density at radius 2 is 2.03 bits per heavy atom. The van der Waals surface area contributed by atoms with E-state index >= 15 is 0 Å². The molecule has 3 aromatic rings. The summed E-state index contributed by atoms with van der Waals surface area (Å²) in [6, 6.07) is 15.7. The lowest BCUT2D eigenvalue weighted by atomic mass is 9.97. The Bertz CT molecular complexity index is 1250. The van der Waals surface area contributed by atoms with Crippen LogP contribution in [0.5, 0.6) is 11.5 Å². The fourth-order valence-electron chi connectivity index (χ4n) is 4.67. The summed E-state index contributed by atoms with van der Waals surface area (Å²) >= 11 is 0. The zero-order valence-corrected chi connectivity index (χ0v) is 18.2. The number of carbonyl (C=O) groups is 1. The Labute approximate surface area is 186 Å². The Hall–Kier alpha value is -3.54. The van der Waals surface area contributed by atoms with Gasteiger partial charge in [-0.1, -0.05) is 24.3 Å². The number of aromatic nitrogens is 1. The number of ether oxygens (including phenoxy) is 3. The van der Waals surface area contributed by atoms with E-state index in [1.165, 1.54) is 12.7 Å². The highest BCUT2D eigenvalue weighted by atomic mass is 16.5. The van der Waals surface area contributed by atoms with Crippen LogP contribution in [0.25, 0.3) is 11.1 Å². The zero-order chi connectivity index (χ0) is 22.2. The molecular formula is C26H25NO5. The third kappa shape index (κ3) is 3.66. The summed E-state index contributed by atoms with van der Waals surface area (Å²) in [6.07, 6.45) is 3.83. The lowest BCUT2D eigenvalue weighted by molar-refractivity contribution is -0.141. The summed E-state index contributed by atoms with van der Waals surface area (Å²) < 4.78 is 18.5. The smallest absolute Gasteiger partial charge is 0.306 e. The van der Waals surface area contributed by atoms with Gasteiger partial charge in [0.15, 0.2) is 0 Å². The second kappa shape index (κ2) is 8.19. The SMILES string of the molecule is COC(=O)CC1COc2cc(O[C@@H]3CCc4c(-c5ccn(C)c(=O)c5)cccc43)ccc21. The fourth-order valence-corrected chi connectivity index (χ4v) is 4.67. The van der Waals surface area contributed by atoms with Gasteiger partial charge in [0.05, 0.1) is 20.1 Å². The number of hydrogen-bond acceptors (Lipinski definition) is 5. The van der Waals surface area contributed by atoms with Gasteiger partial charge in [-0.05, 0) is 47.2 Å². The molecule has 0 amide bonds. The van der Waals surface area contributed by atoms with E-state index in [-0.39, 0.29) is 23.6 Å². The predicted octanol–water partition coefficient (Wildman–Crippen LogP) is 4.16. The van der Waals surface area contributed by atoms with Gasteiger partial charge in [0.25, 0.3) is 5.56 Å². The summed E-state index contributed by atoms with van der Waals surface area (Å²) in [5, 5.41) is 0. The van der Waals surface area contributed by atoms with Crippen LogP contribution < -0.4 is 15.0 Å². The van der Waals surface area contributed by atoms with Crippen molar-refractivity contribution >= 4 is 5.97 Å². The van der Waals surface area contributed by atoms with Crippen molar-refractivity contribution in [2.45, 2.75) is 31.3 Å². The Balaban J connectivity index is 1.38. The quantitative estimate of drug-likeness (QED) is 0.568. The maximum absolute atomic E-state index is 12.1. The van der Waals surface area contributed by atoms with Gasteiger partial charge in [-0.25, -0.2) is 0 Å². The Morgan fingerprint density at radius 1 is 1.16 bits per heavy atom. The van der Waals surface area contributed by atoms with E-state index in [2.05, 4.69) is 12.1 Å². The van der Waals surface area contributed by atoms with Crippen molar-refractivity contribution in [3.05, 3.63) is 81.8 Å². The van der Waals surface area contributed by atoms with Gasteiger partial charge in [0, 0.05) is 36.9 Å². The Kier molecular flexibility index (Phi) is 5.21. The second-order valence-corrected chi connectivity index (χ2v) is 8.37. The summed E-state index contributed by atoms with van der Waals surface area (Å²) in [5.41, 5.74) is 5.42. The molecule has 2 aromatic carbocycles. The summed E-state index contributed by atoms with van der Waals surface area (Å²) in [5.74, 6) is 1.30. The van der Waals surface area contributed by atoms with Crippen LogP contribution in [-0.2, 0) is 23.0 Å². The normalized spacial score (nSPS) is 18.6. The van der Waals surface area contributed by atoms with Crippen molar-refractivity contribution in [3.8, 4) is 22.6 Å². The molecule has 1 aliphatic carbocycles. The van der Waals surface area contributed by atoms with Crippen LogP contribution in [0.2, 0.25) is 0 Å². The molecule has 32 heavy (non-hydrogen) atoms. The molecule has 2 heterocycles. The Morgan fingerprint density at radius 3 is 2.84 bits per heavy atom. The largest absolute Gasteiger partial charge is 0.492 e. The van der Waals surface area contributed by atoms with Gasteiger partial charge in [-0.3, -0.25) is 9.59 Å². The van der Waals surface area contributed by atoms with Crippen molar-refractivity contribution in [3.63, 3.8) is 0 Å². The van der Waals surface area contributed by atoms with E-state index in [1.807, 2.05) is 30.3 Å². The number of methoxy groups -OCH3 is 1. The first-order valence-electron chi connectivity index (χ1n) is 10.8. The molecule has 5 rings (SSSR count). The van der Waals surface area contributed by atoms with Crippen LogP contribution >= 0.6 is 0 Å². The molecule has 0 saturated carbocycles. The van der Waals surface area contributed by atoms with Crippen LogP contribution in [0.3, 0.4) is 0 Å². The minimum atomic E-state index is -0.235. The summed E-state index contributed by atoms with van der Waals surface area (Å²) in [7, 11) is 3.15. The molecule has 164 valence electrons. The first-order chi connectivity index (χ1) is 15.5. The molecule has 0 bridgehead atoms. The van der Waals surface area contributed by atoms with Crippen LogP contribution in [0.1, 0.15) is 41.6 Å². The molecule has 2 atom stereocenters. The molecule has 0 N–H and O–H groups in total. The van der Waals surface area contributed by atoms with Crippen molar-refractivity contribution in [2.75, 3.05) is 13.7 Å². The van der Waals surface area contributed by atoms with Crippen molar-refractivity contribution < 1.29 is 19.0 Å². The molecule has 1 aliphatic heterocycles. The molecular weight excluding hydrogens is 406 g/mol. The number of carbonyl (C=O) groups excluding carboxylic acids is 1. The standard InChI is InChI=1S/C26H25NO5/c1-27-11-10-16(12-25(27)28)19-4-3-5-22-21(19)8-9-23(22)32-18-6-7-20-17(13-26(29)30-2)15-31-24(20)14-18/h3-7,10-12,14,17,23H,8-9,13,15H2,1-2H3/t17?,23-/m1/s1. The topological polar surface area (TPSA) is 66.8 Å². The number of aryl methyl sites for hydroxylation is 1. The number of fused-ring (bicyclic) bond motifs is 2. The average Bonchev–Trinajstić information content (AvgIpc) is 3.39. The minimum Gasteiger partial charge on any atom is -0.492 e. The maximum Gasteiger partial charge on any atom is 0.306 e. The van der Waals surface area contributed by atoms with Crippen LogP contribution in [0.4, 0.5) is 0 Å². The molecule has 0 radical (unpaired) electrons. The highest BCUT2D eigenvalue weighted by Gasteiger charge is 2.29. The molecule has 1 aromatic heterocycles. The minimum absolute atomic E-state index is 0.0137. The molecule has 0 fully saturated rings. The number of hydrogen-bond donors (Lipinski definition) is 0. The van der Waals surface area contributed by atoms with Gasteiger partial charge in [-0.2, -0.15) is 0 Å². The van der Waals surface area contributed by atoms with E-state index < -0.39 is 0 Å². The van der Waals surface area contributed by atoms with Crippen molar-refractivity contribution in [1.29, 1.82) is 0 Å². The number of rotatable bonds is 5. The van der Waals surface area contributed by atoms with E-state index in [4.69, 9.17) is 14.2 Å². The number of benzene rings is 2. The lowest BCUT2D eigenvalue weighted by Gasteiger charge is -2.16. The molecule has 6 heteroatoms. The number of esters is 1. The molecule has 1 unspecified atom stereocenters. The van der Waals surface area contributed by atoms with E-state index in [0.29, 0.717) is 13.0 Å². The van der Waals surface area contributed by atoms with Gasteiger partial charge >= 0.3 is 5.97 Å². The van der Waals surface area contributed by atoms with Crippen molar-refractivity contribution in [2.24, 2.45) is 7.05 Å². The van der Waals surface area contributed by atoms with E-state index in [1.54, 1.807) is 23.9 Å². The first kappa shape index (κ1) is 20.4. The van der Waals surface area contributed by atoms with Gasteiger partial charge in [0.1, 0.15) is 17.6 Å². The summed E-state index contributed by atoms with van der Waals surface area (Å²) in [6.45, 7) is 0.472. The fraction of sp³-hybridized carbons (Fsp3) is 0.308. The third-order valence-corrected chi connectivity index (χ3v) is 6.41. The molecule has 2 aliphatic rings. The molecule has 0 saturated heterocycles. The number of pyridine rings is 1. The monoisotopic (exact) mass is 431 g/mol. The highest BCUT2D eigenvalue weighted by Crippen LogP contribution is 2.42. The van der Waals surface area contributed by atoms with E-state index in [0.717, 1.165) is 46.6 Å². The van der Waals surface area contributed by atoms with Crippen LogP contribution in [-0.4, -0.2) is 24.3 Å². The van der Waals surface area contributed by atoms with Crippen LogP contribution in [0, 0.1) is 0 Å². The van der Waals surface area contributed by atoms with Crippen LogP contribution in [0.15, 0.2) is 59.5 Å². The zero-order valence-electron chi connectivity index (χ0n) is 18.2. The van der Waals surface area contributed by atoms with Gasteiger partial charge in [0.2, 0.25) is 0 Å². The van der Waals surface area contributed by atoms with Crippen molar-refractivity contribution in [1.82, 2.24) is 4.57 Å². The maximum atomic E-state index is 12.1. The molecule has 6 nitrogen and oxygen atoms in total. The highest BCUT2D eigenvalue weighted by molar-refractivity contribution is 5.71.